The lowest BCUT2D eigenvalue weighted by Crippen LogP contribution is -2.17. The van der Waals surface area contributed by atoms with Crippen LogP contribution in [0, 0.1) is 5.92 Å². The van der Waals surface area contributed by atoms with Crippen molar-refractivity contribution in [3.63, 3.8) is 0 Å². The number of aliphatic carboxylic acids is 2. The summed E-state index contributed by atoms with van der Waals surface area (Å²) in [7, 11) is 0. The molecule has 2 N–H and O–H groups in total. The second-order valence-corrected chi connectivity index (χ2v) is 4.71. The summed E-state index contributed by atoms with van der Waals surface area (Å²) in [5, 5.41) is 17.7. The SMILES string of the molecule is O=C(O)CC[C@@H](Cc1ccc(OCCCF)cc1)C(=O)O. The van der Waals surface area contributed by atoms with Gasteiger partial charge in [-0.25, -0.2) is 0 Å². The van der Waals surface area contributed by atoms with Gasteiger partial charge in [0.15, 0.2) is 0 Å². The maximum atomic E-state index is 11.9. The number of hydrogen-bond acceptors (Lipinski definition) is 3. The van der Waals surface area contributed by atoms with Crippen LogP contribution in [-0.4, -0.2) is 35.4 Å². The molecule has 5 nitrogen and oxygen atoms in total. The number of benzene rings is 1. The van der Waals surface area contributed by atoms with Crippen molar-refractivity contribution in [3.05, 3.63) is 29.8 Å². The van der Waals surface area contributed by atoms with Crippen molar-refractivity contribution in [2.45, 2.75) is 25.7 Å². The van der Waals surface area contributed by atoms with E-state index in [-0.39, 0.29) is 19.3 Å². The summed E-state index contributed by atoms with van der Waals surface area (Å²) < 4.78 is 17.2. The highest BCUT2D eigenvalue weighted by atomic mass is 19.1. The third-order valence-corrected chi connectivity index (χ3v) is 3.01. The Kier molecular flexibility index (Phi) is 7.21. The van der Waals surface area contributed by atoms with Crippen LogP contribution in [0.2, 0.25) is 0 Å². The maximum Gasteiger partial charge on any atom is 0.306 e. The Morgan fingerprint density at radius 1 is 1.19 bits per heavy atom. The van der Waals surface area contributed by atoms with Crippen LogP contribution in [0.25, 0.3) is 0 Å². The van der Waals surface area contributed by atoms with E-state index < -0.39 is 24.5 Å². The monoisotopic (exact) mass is 298 g/mol. The van der Waals surface area contributed by atoms with Crippen molar-refractivity contribution in [2.75, 3.05) is 13.3 Å². The molecule has 0 aliphatic carbocycles. The summed E-state index contributed by atoms with van der Waals surface area (Å²) >= 11 is 0. The van der Waals surface area contributed by atoms with Gasteiger partial charge in [0.05, 0.1) is 19.2 Å². The number of alkyl halides is 1. The number of carbonyl (C=O) groups is 2. The summed E-state index contributed by atoms with van der Waals surface area (Å²) in [5.41, 5.74) is 0.797. The average molecular weight is 298 g/mol. The number of carboxylic acid groups (broad SMARTS) is 2. The average Bonchev–Trinajstić information content (AvgIpc) is 2.44. The molecule has 116 valence electrons. The molecule has 6 heteroatoms. The van der Waals surface area contributed by atoms with Crippen molar-refractivity contribution in [1.82, 2.24) is 0 Å². The van der Waals surface area contributed by atoms with Crippen molar-refractivity contribution in [2.24, 2.45) is 5.92 Å². The Bertz CT molecular complexity index is 458. The zero-order chi connectivity index (χ0) is 15.7. The lowest BCUT2D eigenvalue weighted by atomic mass is 9.95. The highest BCUT2D eigenvalue weighted by molar-refractivity contribution is 5.72. The third-order valence-electron chi connectivity index (χ3n) is 3.01. The van der Waals surface area contributed by atoms with Gasteiger partial charge in [0.25, 0.3) is 0 Å². The molecular formula is C15H19FO5. The minimum absolute atomic E-state index is 0.0966. The molecule has 0 radical (unpaired) electrons. The first-order valence-corrected chi connectivity index (χ1v) is 6.75. The molecule has 0 heterocycles. The van der Waals surface area contributed by atoms with E-state index in [2.05, 4.69) is 0 Å². The Morgan fingerprint density at radius 2 is 1.86 bits per heavy atom. The van der Waals surface area contributed by atoms with Crippen LogP contribution < -0.4 is 4.74 Å². The molecule has 0 bridgehead atoms. The quantitative estimate of drug-likeness (QED) is 0.648. The van der Waals surface area contributed by atoms with Gasteiger partial charge in [-0.2, -0.15) is 0 Å². The Labute approximate surface area is 122 Å². The van der Waals surface area contributed by atoms with E-state index in [4.69, 9.17) is 14.9 Å². The molecule has 0 aliphatic rings. The van der Waals surface area contributed by atoms with Gasteiger partial charge >= 0.3 is 11.9 Å². The second kappa shape index (κ2) is 8.94. The van der Waals surface area contributed by atoms with E-state index in [0.717, 1.165) is 5.56 Å². The number of halogens is 1. The van der Waals surface area contributed by atoms with Gasteiger partial charge in [0.2, 0.25) is 0 Å². The van der Waals surface area contributed by atoms with E-state index in [1.54, 1.807) is 24.3 Å². The fourth-order valence-electron chi connectivity index (χ4n) is 1.86. The van der Waals surface area contributed by atoms with Crippen LogP contribution in [0.15, 0.2) is 24.3 Å². The lowest BCUT2D eigenvalue weighted by Gasteiger charge is -2.12. The van der Waals surface area contributed by atoms with Gasteiger partial charge in [0.1, 0.15) is 5.75 Å². The van der Waals surface area contributed by atoms with Gasteiger partial charge in [-0.05, 0) is 30.5 Å². The smallest absolute Gasteiger partial charge is 0.306 e. The summed E-state index contributed by atoms with van der Waals surface area (Å²) in [6, 6.07) is 6.87. The fourth-order valence-corrected chi connectivity index (χ4v) is 1.86. The Balaban J connectivity index is 2.55. The lowest BCUT2D eigenvalue weighted by molar-refractivity contribution is -0.142. The normalized spacial score (nSPS) is 11.9. The topological polar surface area (TPSA) is 83.8 Å². The molecule has 0 fully saturated rings. The molecular weight excluding hydrogens is 279 g/mol. The molecule has 0 saturated carbocycles. The highest BCUT2D eigenvalue weighted by Crippen LogP contribution is 2.18. The molecule has 1 rings (SSSR count). The van der Waals surface area contributed by atoms with Crippen LogP contribution in [0.5, 0.6) is 5.75 Å². The fraction of sp³-hybridized carbons (Fsp3) is 0.467. The van der Waals surface area contributed by atoms with E-state index in [0.29, 0.717) is 18.8 Å². The first kappa shape index (κ1) is 16.9. The van der Waals surface area contributed by atoms with Crippen molar-refractivity contribution in [1.29, 1.82) is 0 Å². The minimum atomic E-state index is -1.00. The van der Waals surface area contributed by atoms with E-state index in [9.17, 15) is 14.0 Å². The largest absolute Gasteiger partial charge is 0.494 e. The first-order chi connectivity index (χ1) is 10.0. The predicted molar refractivity (Wildman–Crippen MR) is 74.2 cm³/mol. The summed E-state index contributed by atoms with van der Waals surface area (Å²) in [6.45, 7) is -0.131. The van der Waals surface area contributed by atoms with Crippen LogP contribution in [0.1, 0.15) is 24.8 Å². The van der Waals surface area contributed by atoms with Crippen molar-refractivity contribution >= 4 is 11.9 Å². The molecule has 1 aromatic carbocycles. The van der Waals surface area contributed by atoms with Crippen LogP contribution in [-0.2, 0) is 16.0 Å². The van der Waals surface area contributed by atoms with Crippen molar-refractivity contribution in [3.8, 4) is 5.75 Å². The molecule has 0 saturated heterocycles. The van der Waals surface area contributed by atoms with E-state index in [1.165, 1.54) is 0 Å². The third kappa shape index (κ3) is 6.74. The van der Waals surface area contributed by atoms with E-state index >= 15 is 0 Å². The molecule has 0 spiro atoms. The van der Waals surface area contributed by atoms with Gasteiger partial charge in [-0.15, -0.1) is 0 Å². The standard InChI is InChI=1S/C15H19FO5/c16-8-1-9-21-13-5-2-11(3-6-13)10-12(15(19)20)4-7-14(17)18/h2-3,5-6,12H,1,4,7-10H2,(H,17,18)(H,19,20)/t12-/m0/s1. The maximum absolute atomic E-state index is 11.9. The molecule has 21 heavy (non-hydrogen) atoms. The molecule has 0 amide bonds. The number of hydrogen-bond donors (Lipinski definition) is 2. The minimum Gasteiger partial charge on any atom is -0.494 e. The molecule has 0 unspecified atom stereocenters. The Morgan fingerprint density at radius 3 is 2.38 bits per heavy atom. The zero-order valence-electron chi connectivity index (χ0n) is 11.6. The van der Waals surface area contributed by atoms with Gasteiger partial charge in [-0.1, -0.05) is 12.1 Å². The van der Waals surface area contributed by atoms with E-state index in [1.807, 2.05) is 0 Å². The predicted octanol–water partition coefficient (Wildman–Crippen LogP) is 2.53. The zero-order valence-corrected chi connectivity index (χ0v) is 11.6. The van der Waals surface area contributed by atoms with Crippen LogP contribution in [0.3, 0.4) is 0 Å². The second-order valence-electron chi connectivity index (χ2n) is 4.71. The Hall–Kier alpha value is -2.11. The molecule has 0 aliphatic heterocycles. The highest BCUT2D eigenvalue weighted by Gasteiger charge is 2.19. The van der Waals surface area contributed by atoms with Gasteiger partial charge in [0, 0.05) is 12.8 Å². The summed E-state index contributed by atoms with van der Waals surface area (Å²) in [6.07, 6.45) is 0.534. The summed E-state index contributed by atoms with van der Waals surface area (Å²) in [4.78, 5) is 21.6. The van der Waals surface area contributed by atoms with Crippen molar-refractivity contribution < 1.29 is 28.9 Å². The summed E-state index contributed by atoms with van der Waals surface area (Å²) in [5.74, 6) is -2.12. The van der Waals surface area contributed by atoms with Gasteiger partial charge < -0.3 is 14.9 Å². The number of ether oxygens (including phenoxy) is 1. The number of carboxylic acids is 2. The molecule has 1 aromatic rings. The molecule has 1 atom stereocenters. The number of rotatable bonds is 10. The molecule has 0 aromatic heterocycles. The van der Waals surface area contributed by atoms with Gasteiger partial charge in [-0.3, -0.25) is 14.0 Å². The van der Waals surface area contributed by atoms with Crippen LogP contribution >= 0.6 is 0 Å². The first-order valence-electron chi connectivity index (χ1n) is 6.75. The van der Waals surface area contributed by atoms with Crippen LogP contribution in [0.4, 0.5) is 4.39 Å².